The van der Waals surface area contributed by atoms with E-state index < -0.39 is 22.8 Å². The third-order valence-corrected chi connectivity index (χ3v) is 4.28. The van der Waals surface area contributed by atoms with E-state index in [4.69, 9.17) is 16.3 Å². The number of rotatable bonds is 7. The Kier molecular flexibility index (Phi) is 6.90. The van der Waals surface area contributed by atoms with Crippen LogP contribution in [-0.4, -0.2) is 23.4 Å². The predicted molar refractivity (Wildman–Crippen MR) is 101 cm³/mol. The lowest BCUT2D eigenvalue weighted by molar-refractivity contribution is -0.385. The van der Waals surface area contributed by atoms with Gasteiger partial charge in [-0.3, -0.25) is 19.7 Å². The summed E-state index contributed by atoms with van der Waals surface area (Å²) in [6.07, 6.45) is -0.150. The van der Waals surface area contributed by atoms with Gasteiger partial charge in [0, 0.05) is 11.1 Å². The van der Waals surface area contributed by atoms with E-state index in [0.717, 1.165) is 0 Å². The maximum absolute atomic E-state index is 12.8. The first-order valence-electron chi connectivity index (χ1n) is 8.30. The highest BCUT2D eigenvalue weighted by Gasteiger charge is 2.27. The molecule has 27 heavy (non-hydrogen) atoms. The number of benzene rings is 2. The third kappa shape index (κ3) is 5.04. The number of hydrogen-bond donors (Lipinski definition) is 1. The van der Waals surface area contributed by atoms with Gasteiger partial charge in [-0.1, -0.05) is 41.9 Å². The molecule has 0 aliphatic rings. The number of nitro benzene ring substituents is 1. The molecule has 2 aromatic rings. The van der Waals surface area contributed by atoms with Crippen LogP contribution in [0.1, 0.15) is 40.9 Å². The summed E-state index contributed by atoms with van der Waals surface area (Å²) in [6.45, 7) is 3.49. The molecule has 0 aromatic heterocycles. The zero-order chi connectivity index (χ0) is 20.0. The lowest BCUT2D eigenvalue weighted by Crippen LogP contribution is -2.31. The summed E-state index contributed by atoms with van der Waals surface area (Å²) in [5.74, 6) is -1.17. The van der Waals surface area contributed by atoms with Crippen molar-refractivity contribution in [2.75, 3.05) is 6.61 Å². The number of hydrogen-bond acceptors (Lipinski definition) is 5. The molecule has 0 radical (unpaired) electrons. The van der Waals surface area contributed by atoms with Crippen molar-refractivity contribution >= 4 is 29.2 Å². The van der Waals surface area contributed by atoms with Crippen molar-refractivity contribution in [3.05, 3.63) is 74.3 Å². The Morgan fingerprint density at radius 3 is 2.56 bits per heavy atom. The molecule has 142 valence electrons. The van der Waals surface area contributed by atoms with Gasteiger partial charge in [0.25, 0.3) is 11.6 Å². The van der Waals surface area contributed by atoms with E-state index >= 15 is 0 Å². The summed E-state index contributed by atoms with van der Waals surface area (Å²) >= 11 is 6.21. The number of nitrogens with one attached hydrogen (secondary N) is 1. The Balaban J connectivity index is 2.38. The minimum atomic E-state index is -0.788. The molecule has 8 heteroatoms. The number of esters is 1. The number of nitrogens with zero attached hydrogens (tertiary/aromatic N) is 1. The SMILES string of the molecule is CCOC(=O)C[C@@H](NC(=O)c1c(C)cccc1[N+](=O)[O-])c1ccccc1Cl. The Hall–Kier alpha value is -2.93. The molecule has 1 N–H and O–H groups in total. The van der Waals surface area contributed by atoms with Gasteiger partial charge in [0.2, 0.25) is 0 Å². The largest absolute Gasteiger partial charge is 0.466 e. The molecular formula is C19H19ClN2O5. The average Bonchev–Trinajstić information content (AvgIpc) is 2.61. The molecule has 1 atom stereocenters. The Morgan fingerprint density at radius 1 is 1.22 bits per heavy atom. The van der Waals surface area contributed by atoms with Crippen molar-refractivity contribution in [2.24, 2.45) is 0 Å². The fraction of sp³-hybridized carbons (Fsp3) is 0.263. The molecule has 0 aliphatic carbocycles. The molecule has 0 heterocycles. The van der Waals surface area contributed by atoms with E-state index in [1.165, 1.54) is 12.1 Å². The van der Waals surface area contributed by atoms with Crippen LogP contribution in [0.15, 0.2) is 42.5 Å². The van der Waals surface area contributed by atoms with Crippen molar-refractivity contribution in [2.45, 2.75) is 26.3 Å². The number of nitro groups is 1. The van der Waals surface area contributed by atoms with Gasteiger partial charge in [-0.25, -0.2) is 0 Å². The first-order valence-corrected chi connectivity index (χ1v) is 8.67. The van der Waals surface area contributed by atoms with Gasteiger partial charge in [0.1, 0.15) is 5.56 Å². The van der Waals surface area contributed by atoms with Crippen molar-refractivity contribution in [1.29, 1.82) is 0 Å². The lowest BCUT2D eigenvalue weighted by Gasteiger charge is -2.20. The van der Waals surface area contributed by atoms with Gasteiger partial charge in [-0.15, -0.1) is 0 Å². The maximum atomic E-state index is 12.8. The van der Waals surface area contributed by atoms with E-state index in [0.29, 0.717) is 16.1 Å². The van der Waals surface area contributed by atoms with Gasteiger partial charge in [-0.2, -0.15) is 0 Å². The van der Waals surface area contributed by atoms with Gasteiger partial charge in [-0.05, 0) is 31.0 Å². The highest BCUT2D eigenvalue weighted by atomic mass is 35.5. The van der Waals surface area contributed by atoms with Gasteiger partial charge in [0.15, 0.2) is 0 Å². The molecule has 0 aliphatic heterocycles. The molecule has 0 saturated heterocycles. The number of carbonyl (C=O) groups is 2. The van der Waals surface area contributed by atoms with E-state index in [2.05, 4.69) is 5.32 Å². The van der Waals surface area contributed by atoms with Gasteiger partial charge < -0.3 is 10.1 Å². The second-order valence-corrected chi connectivity index (χ2v) is 6.19. The zero-order valence-electron chi connectivity index (χ0n) is 14.9. The Bertz CT molecular complexity index is 869. The van der Waals surface area contributed by atoms with Crippen LogP contribution in [0.5, 0.6) is 0 Å². The minimum absolute atomic E-state index is 0.0524. The number of aryl methyl sites for hydroxylation is 1. The monoisotopic (exact) mass is 390 g/mol. The van der Waals surface area contributed by atoms with Crippen molar-refractivity contribution in [1.82, 2.24) is 5.32 Å². The van der Waals surface area contributed by atoms with E-state index in [9.17, 15) is 19.7 Å². The van der Waals surface area contributed by atoms with Crippen molar-refractivity contribution < 1.29 is 19.2 Å². The molecule has 0 unspecified atom stereocenters. The molecule has 7 nitrogen and oxygen atoms in total. The molecule has 0 fully saturated rings. The molecule has 2 rings (SSSR count). The molecule has 2 aromatic carbocycles. The number of halogens is 1. The second-order valence-electron chi connectivity index (χ2n) is 5.78. The highest BCUT2D eigenvalue weighted by Crippen LogP contribution is 2.28. The summed E-state index contributed by atoms with van der Waals surface area (Å²) in [4.78, 5) is 35.5. The average molecular weight is 391 g/mol. The van der Waals surface area contributed by atoms with Crippen LogP contribution >= 0.6 is 11.6 Å². The summed E-state index contributed by atoms with van der Waals surface area (Å²) in [5.41, 5.74) is 0.623. The zero-order valence-corrected chi connectivity index (χ0v) is 15.7. The summed E-state index contributed by atoms with van der Waals surface area (Å²) < 4.78 is 4.97. The van der Waals surface area contributed by atoms with E-state index in [1.54, 1.807) is 44.2 Å². The maximum Gasteiger partial charge on any atom is 0.308 e. The molecule has 1 amide bonds. The fourth-order valence-corrected chi connectivity index (χ4v) is 2.98. The van der Waals surface area contributed by atoms with Gasteiger partial charge >= 0.3 is 5.97 Å². The van der Waals surface area contributed by atoms with Crippen LogP contribution in [0.3, 0.4) is 0 Å². The molecule has 0 saturated carbocycles. The van der Waals surface area contributed by atoms with Gasteiger partial charge in [0.05, 0.1) is 24.0 Å². The van der Waals surface area contributed by atoms with Crippen molar-refractivity contribution in [3.63, 3.8) is 0 Å². The quantitative estimate of drug-likeness (QED) is 0.438. The van der Waals surface area contributed by atoms with Crippen LogP contribution in [0, 0.1) is 17.0 Å². The highest BCUT2D eigenvalue weighted by molar-refractivity contribution is 6.31. The van der Waals surface area contributed by atoms with Crippen molar-refractivity contribution in [3.8, 4) is 0 Å². The summed E-state index contributed by atoms with van der Waals surface area (Å²) in [5, 5.41) is 14.3. The molecule has 0 spiro atoms. The normalized spacial score (nSPS) is 11.5. The summed E-state index contributed by atoms with van der Waals surface area (Å²) in [7, 11) is 0. The molecule has 0 bridgehead atoms. The smallest absolute Gasteiger partial charge is 0.308 e. The van der Waals surface area contributed by atoms with E-state index in [1.807, 2.05) is 0 Å². The first-order chi connectivity index (χ1) is 12.8. The standard InChI is InChI=1S/C19H19ClN2O5/c1-3-27-17(23)11-15(13-8-4-5-9-14(13)20)21-19(24)18-12(2)7-6-10-16(18)22(25)26/h4-10,15H,3,11H2,1-2H3,(H,21,24)/t15-/m1/s1. The second kappa shape index (κ2) is 9.14. The first kappa shape index (κ1) is 20.4. The predicted octanol–water partition coefficient (Wildman–Crippen LogP) is 3.98. The van der Waals surface area contributed by atoms with Crippen LogP contribution in [0.2, 0.25) is 5.02 Å². The topological polar surface area (TPSA) is 98.5 Å². The number of carbonyl (C=O) groups excluding carboxylic acids is 2. The number of ether oxygens (including phenoxy) is 1. The van der Waals surface area contributed by atoms with Crippen LogP contribution in [-0.2, 0) is 9.53 Å². The van der Waals surface area contributed by atoms with Crippen LogP contribution in [0.25, 0.3) is 0 Å². The Labute approximate surface area is 161 Å². The van der Waals surface area contributed by atoms with Crippen LogP contribution < -0.4 is 5.32 Å². The third-order valence-electron chi connectivity index (χ3n) is 3.94. The lowest BCUT2D eigenvalue weighted by atomic mass is 10.0. The Morgan fingerprint density at radius 2 is 1.93 bits per heavy atom. The molecular weight excluding hydrogens is 372 g/mol. The van der Waals surface area contributed by atoms with E-state index in [-0.39, 0.29) is 24.3 Å². The minimum Gasteiger partial charge on any atom is -0.466 e. The fourth-order valence-electron chi connectivity index (χ4n) is 2.71. The summed E-state index contributed by atoms with van der Waals surface area (Å²) in [6, 6.07) is 10.4. The van der Waals surface area contributed by atoms with Crippen LogP contribution in [0.4, 0.5) is 5.69 Å². The number of amides is 1.